The maximum Gasteiger partial charge on any atom is 0.249 e. The fraction of sp³-hybridized carbons (Fsp3) is 0.150. The molecular formula is C20H17N3O. The van der Waals surface area contributed by atoms with Crippen molar-refractivity contribution in [3.05, 3.63) is 69.5 Å². The number of benzene rings is 2. The van der Waals surface area contributed by atoms with Crippen LogP contribution in [0.5, 0.6) is 0 Å². The Morgan fingerprint density at radius 1 is 0.833 bits per heavy atom. The molecule has 4 heteroatoms. The number of nitrogens with one attached hydrogen (secondary N) is 1. The van der Waals surface area contributed by atoms with Crippen LogP contribution in [0.3, 0.4) is 0 Å². The molecule has 0 aliphatic heterocycles. The van der Waals surface area contributed by atoms with Crippen LogP contribution in [0.25, 0.3) is 33.1 Å². The summed E-state index contributed by atoms with van der Waals surface area (Å²) < 4.78 is 0. The lowest BCUT2D eigenvalue weighted by atomic mass is 10.00. The minimum absolute atomic E-state index is 0.131. The predicted molar refractivity (Wildman–Crippen MR) is 97.3 cm³/mol. The summed E-state index contributed by atoms with van der Waals surface area (Å²) in [4.78, 5) is 15.2. The number of aromatic amines is 1. The summed E-state index contributed by atoms with van der Waals surface area (Å²) in [6.07, 6.45) is 0. The first-order chi connectivity index (χ1) is 11.5. The topological polar surface area (TPSA) is 58.6 Å². The Bertz CT molecular complexity index is 1140. The third-order valence-corrected chi connectivity index (χ3v) is 4.47. The van der Waals surface area contributed by atoms with Gasteiger partial charge in [0.25, 0.3) is 0 Å². The minimum Gasteiger partial charge on any atom is -0.320 e. The van der Waals surface area contributed by atoms with Crippen LogP contribution in [0, 0.1) is 20.8 Å². The van der Waals surface area contributed by atoms with Gasteiger partial charge in [-0.25, -0.2) is 0 Å². The summed E-state index contributed by atoms with van der Waals surface area (Å²) in [6.45, 7) is 6.07. The Morgan fingerprint density at radius 3 is 2.25 bits per heavy atom. The number of aryl methyl sites for hydroxylation is 3. The standard InChI is InChI=1S/C20H17N3O/c1-11-4-8-14(9-5-11)15-10-16(24)21-20-17-12(2)6-7-13(3)18(17)22-23-19(15)20/h4-10H,1-3H3,(H,21,24). The highest BCUT2D eigenvalue weighted by Gasteiger charge is 2.13. The van der Waals surface area contributed by atoms with E-state index in [1.807, 2.05) is 51.1 Å². The smallest absolute Gasteiger partial charge is 0.249 e. The van der Waals surface area contributed by atoms with E-state index < -0.39 is 0 Å². The van der Waals surface area contributed by atoms with Gasteiger partial charge in [0.15, 0.2) is 0 Å². The van der Waals surface area contributed by atoms with Gasteiger partial charge in [-0.3, -0.25) is 4.79 Å². The highest BCUT2D eigenvalue weighted by molar-refractivity contribution is 6.08. The van der Waals surface area contributed by atoms with Crippen LogP contribution < -0.4 is 5.56 Å². The molecule has 0 saturated carbocycles. The number of rotatable bonds is 1. The summed E-state index contributed by atoms with van der Waals surface area (Å²) >= 11 is 0. The summed E-state index contributed by atoms with van der Waals surface area (Å²) in [5.74, 6) is 0. The molecule has 4 nitrogen and oxygen atoms in total. The van der Waals surface area contributed by atoms with Crippen LogP contribution in [0.1, 0.15) is 16.7 Å². The number of fused-ring (bicyclic) bond motifs is 3. The molecule has 2 aromatic carbocycles. The second kappa shape index (κ2) is 5.27. The number of nitrogens with zero attached hydrogens (tertiary/aromatic N) is 2. The molecular weight excluding hydrogens is 298 g/mol. The average Bonchev–Trinajstić information content (AvgIpc) is 2.57. The summed E-state index contributed by atoms with van der Waals surface area (Å²) in [5.41, 5.74) is 7.26. The molecule has 2 aromatic heterocycles. The number of H-pyrrole nitrogens is 1. The zero-order valence-corrected chi connectivity index (χ0v) is 13.8. The minimum atomic E-state index is -0.131. The monoisotopic (exact) mass is 315 g/mol. The Morgan fingerprint density at radius 2 is 1.50 bits per heavy atom. The van der Waals surface area contributed by atoms with Crippen LogP contribution >= 0.6 is 0 Å². The van der Waals surface area contributed by atoms with Gasteiger partial charge in [-0.15, -0.1) is 10.2 Å². The van der Waals surface area contributed by atoms with E-state index in [2.05, 4.69) is 21.2 Å². The van der Waals surface area contributed by atoms with Gasteiger partial charge in [0.1, 0.15) is 5.52 Å². The fourth-order valence-corrected chi connectivity index (χ4v) is 3.13. The van der Waals surface area contributed by atoms with Gasteiger partial charge in [-0.2, -0.15) is 0 Å². The Hall–Kier alpha value is -3.01. The maximum atomic E-state index is 12.3. The quantitative estimate of drug-likeness (QED) is 0.539. The first-order valence-corrected chi connectivity index (χ1v) is 7.91. The van der Waals surface area contributed by atoms with Crippen molar-refractivity contribution in [2.45, 2.75) is 20.8 Å². The first-order valence-electron chi connectivity index (χ1n) is 7.91. The third-order valence-electron chi connectivity index (χ3n) is 4.47. The molecule has 0 unspecified atom stereocenters. The molecule has 0 atom stereocenters. The Kier molecular flexibility index (Phi) is 3.20. The van der Waals surface area contributed by atoms with Crippen molar-refractivity contribution < 1.29 is 0 Å². The SMILES string of the molecule is Cc1ccc(-c2cc(=O)[nH]c3c2nnc2c(C)ccc(C)c23)cc1. The van der Waals surface area contributed by atoms with E-state index in [4.69, 9.17) is 0 Å². The van der Waals surface area contributed by atoms with Crippen LogP contribution in [-0.4, -0.2) is 15.2 Å². The summed E-state index contributed by atoms with van der Waals surface area (Å²) in [5, 5.41) is 9.83. The average molecular weight is 315 g/mol. The number of pyridine rings is 1. The van der Waals surface area contributed by atoms with Crippen molar-refractivity contribution >= 4 is 21.9 Å². The van der Waals surface area contributed by atoms with Gasteiger partial charge in [0.05, 0.1) is 11.0 Å². The second-order valence-corrected chi connectivity index (χ2v) is 6.26. The van der Waals surface area contributed by atoms with Crippen LogP contribution in [0.15, 0.2) is 47.3 Å². The van der Waals surface area contributed by atoms with Crippen molar-refractivity contribution in [3.8, 4) is 11.1 Å². The molecule has 0 amide bonds. The van der Waals surface area contributed by atoms with Gasteiger partial charge in [-0.1, -0.05) is 42.0 Å². The van der Waals surface area contributed by atoms with E-state index in [9.17, 15) is 4.79 Å². The van der Waals surface area contributed by atoms with Gasteiger partial charge >= 0.3 is 0 Å². The zero-order valence-electron chi connectivity index (χ0n) is 13.8. The molecule has 0 radical (unpaired) electrons. The van der Waals surface area contributed by atoms with E-state index in [1.54, 1.807) is 6.07 Å². The number of hydrogen-bond donors (Lipinski definition) is 1. The lowest BCUT2D eigenvalue weighted by molar-refractivity contribution is 1.10. The van der Waals surface area contributed by atoms with Gasteiger partial charge in [0, 0.05) is 17.0 Å². The molecule has 4 rings (SSSR count). The van der Waals surface area contributed by atoms with Gasteiger partial charge in [0.2, 0.25) is 5.56 Å². The maximum absolute atomic E-state index is 12.3. The lowest BCUT2D eigenvalue weighted by Gasteiger charge is -2.10. The second-order valence-electron chi connectivity index (χ2n) is 6.26. The van der Waals surface area contributed by atoms with E-state index in [0.717, 1.165) is 44.2 Å². The molecule has 0 fully saturated rings. The normalized spacial score (nSPS) is 11.3. The highest BCUT2D eigenvalue weighted by atomic mass is 16.1. The molecule has 0 spiro atoms. The van der Waals surface area contributed by atoms with E-state index >= 15 is 0 Å². The van der Waals surface area contributed by atoms with E-state index in [-0.39, 0.29) is 5.56 Å². The van der Waals surface area contributed by atoms with Crippen molar-refractivity contribution in [1.29, 1.82) is 0 Å². The fourth-order valence-electron chi connectivity index (χ4n) is 3.13. The Labute approximate surface area is 139 Å². The molecule has 0 aliphatic carbocycles. The van der Waals surface area contributed by atoms with Crippen LogP contribution in [-0.2, 0) is 0 Å². The lowest BCUT2D eigenvalue weighted by Crippen LogP contribution is -2.07. The molecule has 24 heavy (non-hydrogen) atoms. The Balaban J connectivity index is 2.17. The molecule has 1 N–H and O–H groups in total. The van der Waals surface area contributed by atoms with Crippen LogP contribution in [0.4, 0.5) is 0 Å². The number of hydrogen-bond acceptors (Lipinski definition) is 3. The van der Waals surface area contributed by atoms with Crippen LogP contribution in [0.2, 0.25) is 0 Å². The van der Waals surface area contributed by atoms with Gasteiger partial charge < -0.3 is 4.98 Å². The molecule has 2 heterocycles. The predicted octanol–water partition coefficient (Wildman–Crippen LogP) is 4.06. The first kappa shape index (κ1) is 14.6. The van der Waals surface area contributed by atoms with Crippen molar-refractivity contribution in [3.63, 3.8) is 0 Å². The van der Waals surface area contributed by atoms with E-state index in [1.165, 1.54) is 5.56 Å². The summed E-state index contributed by atoms with van der Waals surface area (Å²) in [6, 6.07) is 13.8. The molecule has 0 saturated heterocycles. The van der Waals surface area contributed by atoms with E-state index in [0.29, 0.717) is 0 Å². The van der Waals surface area contributed by atoms with Crippen molar-refractivity contribution in [1.82, 2.24) is 15.2 Å². The van der Waals surface area contributed by atoms with Gasteiger partial charge in [-0.05, 0) is 37.5 Å². The third kappa shape index (κ3) is 2.19. The molecule has 0 aliphatic rings. The molecule has 0 bridgehead atoms. The summed E-state index contributed by atoms with van der Waals surface area (Å²) in [7, 11) is 0. The molecule has 4 aromatic rings. The zero-order chi connectivity index (χ0) is 16.8. The largest absolute Gasteiger partial charge is 0.320 e. The molecule has 118 valence electrons. The van der Waals surface area contributed by atoms with Crippen molar-refractivity contribution in [2.75, 3.05) is 0 Å². The van der Waals surface area contributed by atoms with Crippen molar-refractivity contribution in [2.24, 2.45) is 0 Å². The number of aromatic nitrogens is 3. The highest BCUT2D eigenvalue weighted by Crippen LogP contribution is 2.30.